The van der Waals surface area contributed by atoms with Crippen molar-refractivity contribution in [3.05, 3.63) is 0 Å². The topological polar surface area (TPSA) is 38.8 Å². The molecule has 0 saturated carbocycles. The highest BCUT2D eigenvalue weighted by atomic mass is 79.9. The third kappa shape index (κ3) is 2.92. The second-order valence-corrected chi connectivity index (χ2v) is 5.07. The fourth-order valence-electron chi connectivity index (χ4n) is 1.96. The normalized spacial score (nSPS) is 33.1. The van der Waals surface area contributed by atoms with E-state index in [1.807, 2.05) is 4.90 Å². The zero-order valence-corrected chi connectivity index (χ0v) is 10.2. The summed E-state index contributed by atoms with van der Waals surface area (Å²) in [5.74, 6) is 0.190. The molecule has 86 valence electrons. The van der Waals surface area contributed by atoms with E-state index in [0.29, 0.717) is 26.4 Å². The Morgan fingerprint density at radius 3 is 3.07 bits per heavy atom. The lowest BCUT2D eigenvalue weighted by atomic mass is 10.1. The maximum atomic E-state index is 11.8. The van der Waals surface area contributed by atoms with Gasteiger partial charge in [-0.25, -0.2) is 0 Å². The summed E-state index contributed by atoms with van der Waals surface area (Å²) in [6, 6.07) is 0. The van der Waals surface area contributed by atoms with Gasteiger partial charge in [-0.15, -0.1) is 0 Å². The van der Waals surface area contributed by atoms with Crippen molar-refractivity contribution in [2.24, 2.45) is 0 Å². The van der Waals surface area contributed by atoms with Crippen LogP contribution >= 0.6 is 15.9 Å². The van der Waals surface area contributed by atoms with Crippen LogP contribution in [0.2, 0.25) is 0 Å². The van der Waals surface area contributed by atoms with E-state index >= 15 is 0 Å². The van der Waals surface area contributed by atoms with Gasteiger partial charge in [0.1, 0.15) is 0 Å². The summed E-state index contributed by atoms with van der Waals surface area (Å²) >= 11 is 3.40. The number of halogens is 1. The number of hydrogen-bond acceptors (Lipinski definition) is 3. The summed E-state index contributed by atoms with van der Waals surface area (Å²) in [5.41, 5.74) is 0. The van der Waals surface area contributed by atoms with Crippen molar-refractivity contribution in [1.29, 1.82) is 0 Å². The van der Waals surface area contributed by atoms with E-state index in [0.717, 1.165) is 19.4 Å². The maximum absolute atomic E-state index is 11.8. The molecule has 15 heavy (non-hydrogen) atoms. The summed E-state index contributed by atoms with van der Waals surface area (Å²) in [7, 11) is 0. The Bertz CT molecular complexity index is 231. The zero-order valence-electron chi connectivity index (χ0n) is 8.65. The molecule has 0 N–H and O–H groups in total. The number of nitrogens with zero attached hydrogens (tertiary/aromatic N) is 1. The van der Waals surface area contributed by atoms with Crippen LogP contribution in [0, 0.1) is 0 Å². The number of alkyl halides is 1. The summed E-state index contributed by atoms with van der Waals surface area (Å²) in [4.78, 5) is 13.7. The molecule has 2 aliphatic heterocycles. The molecular weight excluding hydrogens is 262 g/mol. The maximum Gasteiger partial charge on any atom is 0.236 e. The molecule has 0 radical (unpaired) electrons. The molecule has 2 rings (SSSR count). The number of amides is 1. The largest absolute Gasteiger partial charge is 0.376 e. The highest BCUT2D eigenvalue weighted by Gasteiger charge is 2.29. The average Bonchev–Trinajstić information content (AvgIpc) is 2.26. The second kappa shape index (κ2) is 5.27. The van der Waals surface area contributed by atoms with Gasteiger partial charge in [0.2, 0.25) is 5.91 Å². The van der Waals surface area contributed by atoms with E-state index in [2.05, 4.69) is 15.9 Å². The molecule has 2 atom stereocenters. The smallest absolute Gasteiger partial charge is 0.236 e. The van der Waals surface area contributed by atoms with Gasteiger partial charge in [-0.2, -0.15) is 0 Å². The minimum atomic E-state index is -0.00393. The zero-order chi connectivity index (χ0) is 10.7. The second-order valence-electron chi connectivity index (χ2n) is 3.96. The van der Waals surface area contributed by atoms with Crippen molar-refractivity contribution in [2.75, 3.05) is 32.9 Å². The van der Waals surface area contributed by atoms with E-state index in [1.54, 1.807) is 0 Å². The molecule has 2 saturated heterocycles. The molecule has 0 spiro atoms. The first-order valence-corrected chi connectivity index (χ1v) is 6.31. The van der Waals surface area contributed by atoms with Crippen molar-refractivity contribution in [2.45, 2.75) is 23.8 Å². The molecule has 0 aliphatic carbocycles. The van der Waals surface area contributed by atoms with Gasteiger partial charge in [-0.1, -0.05) is 15.9 Å². The van der Waals surface area contributed by atoms with E-state index in [-0.39, 0.29) is 16.8 Å². The van der Waals surface area contributed by atoms with Crippen molar-refractivity contribution in [3.8, 4) is 0 Å². The predicted molar refractivity (Wildman–Crippen MR) is 59.1 cm³/mol. The lowest BCUT2D eigenvalue weighted by molar-refractivity contribution is -0.139. The van der Waals surface area contributed by atoms with Gasteiger partial charge in [-0.3, -0.25) is 4.79 Å². The number of ether oxygens (including phenoxy) is 2. The number of hydrogen-bond donors (Lipinski definition) is 0. The number of piperidine rings is 1. The van der Waals surface area contributed by atoms with E-state index < -0.39 is 0 Å². The first kappa shape index (κ1) is 11.4. The fourth-order valence-corrected chi connectivity index (χ4v) is 2.58. The minimum absolute atomic E-state index is 0.00393. The molecule has 2 fully saturated rings. The molecule has 0 bridgehead atoms. The van der Waals surface area contributed by atoms with Crippen LogP contribution in [0.3, 0.4) is 0 Å². The third-order valence-electron chi connectivity index (χ3n) is 2.77. The Balaban J connectivity index is 1.84. The van der Waals surface area contributed by atoms with Crippen molar-refractivity contribution >= 4 is 21.8 Å². The van der Waals surface area contributed by atoms with Crippen LogP contribution in [0.4, 0.5) is 0 Å². The lowest BCUT2D eigenvalue weighted by Crippen LogP contribution is -2.48. The molecule has 2 heterocycles. The lowest BCUT2D eigenvalue weighted by Gasteiger charge is -2.33. The molecule has 0 aromatic carbocycles. The first-order valence-electron chi connectivity index (χ1n) is 5.39. The summed E-state index contributed by atoms with van der Waals surface area (Å²) in [6.07, 6.45) is 2.06. The van der Waals surface area contributed by atoms with E-state index in [9.17, 15) is 4.79 Å². The Labute approximate surface area is 98.0 Å². The Morgan fingerprint density at radius 1 is 1.47 bits per heavy atom. The van der Waals surface area contributed by atoms with Crippen LogP contribution in [0.1, 0.15) is 12.8 Å². The number of rotatable bonds is 2. The van der Waals surface area contributed by atoms with Gasteiger partial charge in [0.15, 0.2) is 0 Å². The van der Waals surface area contributed by atoms with Crippen LogP contribution in [0.15, 0.2) is 0 Å². The Hall–Kier alpha value is -0.130. The van der Waals surface area contributed by atoms with Gasteiger partial charge < -0.3 is 14.4 Å². The van der Waals surface area contributed by atoms with Crippen molar-refractivity contribution in [1.82, 2.24) is 4.90 Å². The van der Waals surface area contributed by atoms with Crippen molar-refractivity contribution in [3.63, 3.8) is 0 Å². The van der Waals surface area contributed by atoms with Gasteiger partial charge >= 0.3 is 0 Å². The molecule has 0 aromatic rings. The van der Waals surface area contributed by atoms with Gasteiger partial charge in [0.25, 0.3) is 0 Å². The summed E-state index contributed by atoms with van der Waals surface area (Å²) in [6.45, 7) is 3.44. The monoisotopic (exact) mass is 277 g/mol. The van der Waals surface area contributed by atoms with Crippen LogP contribution in [0.25, 0.3) is 0 Å². The molecule has 1 amide bonds. The van der Waals surface area contributed by atoms with Gasteiger partial charge in [-0.05, 0) is 12.8 Å². The van der Waals surface area contributed by atoms with E-state index in [4.69, 9.17) is 9.47 Å². The number of carbonyl (C=O) groups excluding carboxylic acids is 1. The van der Waals surface area contributed by atoms with E-state index in [1.165, 1.54) is 0 Å². The Kier molecular flexibility index (Phi) is 3.99. The van der Waals surface area contributed by atoms with Crippen LogP contribution < -0.4 is 0 Å². The standard InChI is InChI=1S/C10H16BrNO3/c11-9-2-1-3-12(10(9)13)6-8-7-14-4-5-15-8/h8-9H,1-7H2. The van der Waals surface area contributed by atoms with Crippen LogP contribution in [-0.4, -0.2) is 54.6 Å². The third-order valence-corrected chi connectivity index (χ3v) is 3.62. The minimum Gasteiger partial charge on any atom is -0.376 e. The molecular formula is C10H16BrNO3. The molecule has 5 heteroatoms. The number of likely N-dealkylation sites (tertiary alicyclic amines) is 1. The molecule has 0 aromatic heterocycles. The highest BCUT2D eigenvalue weighted by molar-refractivity contribution is 9.10. The predicted octanol–water partition coefficient (Wildman–Crippen LogP) is 0.788. The van der Waals surface area contributed by atoms with Gasteiger partial charge in [0, 0.05) is 13.1 Å². The SMILES string of the molecule is O=C1C(Br)CCCN1CC1COCCO1. The highest BCUT2D eigenvalue weighted by Crippen LogP contribution is 2.19. The fraction of sp³-hybridized carbons (Fsp3) is 0.900. The quantitative estimate of drug-likeness (QED) is 0.701. The van der Waals surface area contributed by atoms with Crippen LogP contribution in [0.5, 0.6) is 0 Å². The van der Waals surface area contributed by atoms with Gasteiger partial charge in [0.05, 0.1) is 30.8 Å². The molecule has 4 nitrogen and oxygen atoms in total. The van der Waals surface area contributed by atoms with Crippen LogP contribution in [-0.2, 0) is 14.3 Å². The first-order chi connectivity index (χ1) is 7.27. The summed E-state index contributed by atoms with van der Waals surface area (Å²) in [5, 5.41) is 0. The molecule has 2 unspecified atom stereocenters. The average molecular weight is 278 g/mol. The molecule has 2 aliphatic rings. The Morgan fingerprint density at radius 2 is 2.33 bits per heavy atom. The van der Waals surface area contributed by atoms with Crippen molar-refractivity contribution < 1.29 is 14.3 Å². The summed E-state index contributed by atoms with van der Waals surface area (Å²) < 4.78 is 10.8. The number of carbonyl (C=O) groups is 1.